The van der Waals surface area contributed by atoms with Crippen LogP contribution in [0.3, 0.4) is 0 Å². The smallest absolute Gasteiger partial charge is 0.234 e. The number of hydrogen-bond donors (Lipinski definition) is 2. The van der Waals surface area contributed by atoms with Crippen LogP contribution in [0.25, 0.3) is 0 Å². The molecule has 0 bridgehead atoms. The standard InChI is InChI=1S/C13H26N2O/c1-10(2)7-6-8-12(5)14-9-13(16)15-11(3)4/h7,11-12,14H,6,8-9H2,1-5H3,(H,15,16). The van der Waals surface area contributed by atoms with Gasteiger partial charge in [0.2, 0.25) is 5.91 Å². The molecule has 94 valence electrons. The molecule has 1 unspecified atom stereocenters. The van der Waals surface area contributed by atoms with Crippen LogP contribution in [0.15, 0.2) is 11.6 Å². The summed E-state index contributed by atoms with van der Waals surface area (Å²) in [5.41, 5.74) is 1.35. The van der Waals surface area contributed by atoms with E-state index in [9.17, 15) is 4.79 Å². The molecule has 1 amide bonds. The second-order valence-corrected chi connectivity index (χ2v) is 4.86. The topological polar surface area (TPSA) is 41.1 Å². The Balaban J connectivity index is 3.61. The van der Waals surface area contributed by atoms with E-state index in [4.69, 9.17) is 0 Å². The van der Waals surface area contributed by atoms with Crippen molar-refractivity contribution in [2.24, 2.45) is 0 Å². The van der Waals surface area contributed by atoms with Crippen molar-refractivity contribution in [1.82, 2.24) is 10.6 Å². The van der Waals surface area contributed by atoms with E-state index in [2.05, 4.69) is 37.5 Å². The van der Waals surface area contributed by atoms with Crippen molar-refractivity contribution in [2.45, 2.75) is 59.5 Å². The molecule has 0 saturated heterocycles. The number of amides is 1. The van der Waals surface area contributed by atoms with Crippen LogP contribution in [0.2, 0.25) is 0 Å². The van der Waals surface area contributed by atoms with Gasteiger partial charge in [0.1, 0.15) is 0 Å². The highest BCUT2D eigenvalue weighted by molar-refractivity contribution is 5.78. The minimum atomic E-state index is 0.0732. The molecule has 16 heavy (non-hydrogen) atoms. The molecular formula is C13H26N2O. The van der Waals surface area contributed by atoms with Crippen LogP contribution in [0.1, 0.15) is 47.5 Å². The van der Waals surface area contributed by atoms with Crippen LogP contribution in [-0.2, 0) is 4.79 Å². The van der Waals surface area contributed by atoms with Gasteiger partial charge < -0.3 is 10.6 Å². The third-order valence-corrected chi connectivity index (χ3v) is 2.21. The van der Waals surface area contributed by atoms with Gasteiger partial charge in [-0.3, -0.25) is 4.79 Å². The summed E-state index contributed by atoms with van der Waals surface area (Å²) in [6.45, 7) is 10.7. The van der Waals surface area contributed by atoms with Gasteiger partial charge in [-0.25, -0.2) is 0 Å². The molecule has 0 aromatic rings. The molecule has 0 aliphatic heterocycles. The Labute approximate surface area is 99.7 Å². The first-order valence-corrected chi connectivity index (χ1v) is 6.08. The molecule has 0 saturated carbocycles. The summed E-state index contributed by atoms with van der Waals surface area (Å²) in [4.78, 5) is 11.4. The Hall–Kier alpha value is -0.830. The van der Waals surface area contributed by atoms with Gasteiger partial charge in [-0.1, -0.05) is 11.6 Å². The Kier molecular flexibility index (Phi) is 7.90. The number of rotatable bonds is 7. The summed E-state index contributed by atoms with van der Waals surface area (Å²) >= 11 is 0. The molecule has 0 spiro atoms. The molecule has 3 nitrogen and oxygen atoms in total. The molecule has 2 N–H and O–H groups in total. The van der Waals surface area contributed by atoms with Crippen molar-refractivity contribution in [1.29, 1.82) is 0 Å². The maximum atomic E-state index is 11.4. The summed E-state index contributed by atoms with van der Waals surface area (Å²) in [6.07, 6.45) is 4.37. The monoisotopic (exact) mass is 226 g/mol. The molecule has 1 atom stereocenters. The fourth-order valence-corrected chi connectivity index (χ4v) is 1.36. The highest BCUT2D eigenvalue weighted by Gasteiger charge is 2.05. The number of allylic oxidation sites excluding steroid dienone is 2. The van der Waals surface area contributed by atoms with Crippen LogP contribution in [0, 0.1) is 0 Å². The summed E-state index contributed by atoms with van der Waals surface area (Å²) < 4.78 is 0. The average Bonchev–Trinajstić information content (AvgIpc) is 2.13. The third-order valence-electron chi connectivity index (χ3n) is 2.21. The lowest BCUT2D eigenvalue weighted by Gasteiger charge is -2.14. The second-order valence-electron chi connectivity index (χ2n) is 4.86. The minimum Gasteiger partial charge on any atom is -0.353 e. The van der Waals surface area contributed by atoms with E-state index in [0.29, 0.717) is 12.6 Å². The zero-order valence-corrected chi connectivity index (χ0v) is 11.3. The van der Waals surface area contributed by atoms with Gasteiger partial charge in [0.05, 0.1) is 6.54 Å². The first kappa shape index (κ1) is 15.2. The normalized spacial score (nSPS) is 12.4. The SMILES string of the molecule is CC(C)=CCCC(C)NCC(=O)NC(C)C. The Bertz CT molecular complexity index is 230. The van der Waals surface area contributed by atoms with E-state index < -0.39 is 0 Å². The molecule has 0 aliphatic carbocycles. The number of carbonyl (C=O) groups excluding carboxylic acids is 1. The fraction of sp³-hybridized carbons (Fsp3) is 0.769. The minimum absolute atomic E-state index is 0.0732. The number of carbonyl (C=O) groups is 1. The highest BCUT2D eigenvalue weighted by Crippen LogP contribution is 2.00. The van der Waals surface area contributed by atoms with Crippen molar-refractivity contribution in [3.8, 4) is 0 Å². The highest BCUT2D eigenvalue weighted by atomic mass is 16.1. The van der Waals surface area contributed by atoms with Crippen molar-refractivity contribution >= 4 is 5.91 Å². The zero-order valence-electron chi connectivity index (χ0n) is 11.3. The fourth-order valence-electron chi connectivity index (χ4n) is 1.36. The predicted molar refractivity (Wildman–Crippen MR) is 69.4 cm³/mol. The molecule has 0 radical (unpaired) electrons. The van der Waals surface area contributed by atoms with Crippen molar-refractivity contribution in [2.75, 3.05) is 6.54 Å². The molecule has 0 heterocycles. The zero-order chi connectivity index (χ0) is 12.6. The van der Waals surface area contributed by atoms with E-state index in [0.717, 1.165) is 12.8 Å². The third kappa shape index (κ3) is 9.71. The van der Waals surface area contributed by atoms with E-state index in [1.807, 2.05) is 13.8 Å². The second kappa shape index (κ2) is 8.34. The van der Waals surface area contributed by atoms with Crippen molar-refractivity contribution in [3.05, 3.63) is 11.6 Å². The first-order chi connectivity index (χ1) is 7.41. The summed E-state index contributed by atoms with van der Waals surface area (Å²) in [5.74, 6) is 0.0732. The van der Waals surface area contributed by atoms with E-state index in [-0.39, 0.29) is 11.9 Å². The van der Waals surface area contributed by atoms with Crippen LogP contribution in [0.5, 0.6) is 0 Å². The maximum Gasteiger partial charge on any atom is 0.234 e. The van der Waals surface area contributed by atoms with Crippen LogP contribution >= 0.6 is 0 Å². The Morgan fingerprint density at radius 1 is 1.25 bits per heavy atom. The Morgan fingerprint density at radius 2 is 1.88 bits per heavy atom. The first-order valence-electron chi connectivity index (χ1n) is 6.08. The van der Waals surface area contributed by atoms with E-state index in [1.54, 1.807) is 0 Å². The van der Waals surface area contributed by atoms with Crippen LogP contribution in [-0.4, -0.2) is 24.5 Å². The van der Waals surface area contributed by atoms with E-state index >= 15 is 0 Å². The van der Waals surface area contributed by atoms with Gasteiger partial charge in [0.15, 0.2) is 0 Å². The molecule has 0 rings (SSSR count). The quantitative estimate of drug-likeness (QED) is 0.654. The summed E-state index contributed by atoms with van der Waals surface area (Å²) in [6, 6.07) is 0.601. The van der Waals surface area contributed by atoms with Gasteiger partial charge in [-0.15, -0.1) is 0 Å². The molecule has 0 aromatic heterocycles. The number of nitrogens with one attached hydrogen (secondary N) is 2. The van der Waals surface area contributed by atoms with Gasteiger partial charge >= 0.3 is 0 Å². The van der Waals surface area contributed by atoms with Crippen LogP contribution < -0.4 is 10.6 Å². The molecular weight excluding hydrogens is 200 g/mol. The van der Waals surface area contributed by atoms with Gasteiger partial charge in [-0.2, -0.15) is 0 Å². The van der Waals surface area contributed by atoms with Gasteiger partial charge in [0.25, 0.3) is 0 Å². The van der Waals surface area contributed by atoms with E-state index in [1.165, 1.54) is 5.57 Å². The van der Waals surface area contributed by atoms with Gasteiger partial charge in [-0.05, 0) is 47.5 Å². The Morgan fingerprint density at radius 3 is 2.38 bits per heavy atom. The summed E-state index contributed by atoms with van der Waals surface area (Å²) in [5, 5.41) is 6.08. The maximum absolute atomic E-state index is 11.4. The van der Waals surface area contributed by atoms with Crippen molar-refractivity contribution in [3.63, 3.8) is 0 Å². The molecule has 3 heteroatoms. The molecule has 0 aromatic carbocycles. The molecule has 0 aliphatic rings. The van der Waals surface area contributed by atoms with Crippen LogP contribution in [0.4, 0.5) is 0 Å². The van der Waals surface area contributed by atoms with Crippen molar-refractivity contribution < 1.29 is 4.79 Å². The predicted octanol–water partition coefficient (Wildman–Crippen LogP) is 2.24. The average molecular weight is 226 g/mol. The van der Waals surface area contributed by atoms with Gasteiger partial charge in [0, 0.05) is 12.1 Å². The lowest BCUT2D eigenvalue weighted by molar-refractivity contribution is -0.120. The molecule has 0 fully saturated rings. The number of hydrogen-bond acceptors (Lipinski definition) is 2. The lowest BCUT2D eigenvalue weighted by atomic mass is 10.1. The largest absolute Gasteiger partial charge is 0.353 e. The summed E-state index contributed by atoms with van der Waals surface area (Å²) in [7, 11) is 0. The lowest BCUT2D eigenvalue weighted by Crippen LogP contribution is -2.40.